The molecule has 6 heteroatoms. The number of carbonyl (C=O) groups excluding carboxylic acids is 2. The van der Waals surface area contributed by atoms with Crippen molar-refractivity contribution in [2.45, 2.75) is 45.1 Å². The molecule has 0 spiro atoms. The van der Waals surface area contributed by atoms with Crippen molar-refractivity contribution in [3.05, 3.63) is 23.7 Å². The minimum absolute atomic E-state index is 0.0106. The number of urea groups is 1. The average Bonchev–Trinajstić information content (AvgIpc) is 3.01. The van der Waals surface area contributed by atoms with E-state index in [2.05, 4.69) is 5.32 Å². The van der Waals surface area contributed by atoms with Gasteiger partial charge in [-0.05, 0) is 25.8 Å². The van der Waals surface area contributed by atoms with Gasteiger partial charge in [0.1, 0.15) is 5.76 Å². The zero-order chi connectivity index (χ0) is 16.2. The summed E-state index contributed by atoms with van der Waals surface area (Å²) < 4.78 is 5.20. The Labute approximate surface area is 136 Å². The number of nitrogens with zero attached hydrogens (tertiary/aromatic N) is 2. The van der Waals surface area contributed by atoms with Crippen LogP contribution in [0.2, 0.25) is 0 Å². The molecule has 2 heterocycles. The van der Waals surface area contributed by atoms with E-state index in [-0.39, 0.29) is 11.9 Å². The molecule has 3 rings (SSSR count). The van der Waals surface area contributed by atoms with Crippen LogP contribution in [-0.2, 0) is 0 Å². The van der Waals surface area contributed by atoms with Crippen molar-refractivity contribution in [3.8, 4) is 0 Å². The number of nitrogens with one attached hydrogen (secondary N) is 1. The fourth-order valence-corrected chi connectivity index (χ4v) is 3.40. The van der Waals surface area contributed by atoms with E-state index in [4.69, 9.17) is 4.42 Å². The summed E-state index contributed by atoms with van der Waals surface area (Å²) in [4.78, 5) is 28.4. The molecular formula is C17H25N3O3. The van der Waals surface area contributed by atoms with Gasteiger partial charge in [0.15, 0.2) is 0 Å². The SMILES string of the molecule is Cc1occc1C(=O)N1CCN(C(=O)NC2CCCCC2)CC1. The van der Waals surface area contributed by atoms with Crippen LogP contribution in [0.25, 0.3) is 0 Å². The van der Waals surface area contributed by atoms with Gasteiger partial charge in [0.25, 0.3) is 5.91 Å². The highest BCUT2D eigenvalue weighted by Gasteiger charge is 2.27. The summed E-state index contributed by atoms with van der Waals surface area (Å²) in [6.07, 6.45) is 7.40. The van der Waals surface area contributed by atoms with Gasteiger partial charge in [0.2, 0.25) is 0 Å². The number of rotatable bonds is 2. The lowest BCUT2D eigenvalue weighted by molar-refractivity contribution is 0.0661. The number of carbonyl (C=O) groups is 2. The zero-order valence-corrected chi connectivity index (χ0v) is 13.7. The van der Waals surface area contributed by atoms with Crippen molar-refractivity contribution in [1.82, 2.24) is 15.1 Å². The second kappa shape index (κ2) is 7.06. The van der Waals surface area contributed by atoms with Gasteiger partial charge in [-0.2, -0.15) is 0 Å². The first-order valence-corrected chi connectivity index (χ1v) is 8.54. The standard InChI is InChI=1S/C17H25N3O3/c1-13-15(7-12-23-13)16(21)19-8-10-20(11-9-19)17(22)18-14-5-3-2-4-6-14/h7,12,14H,2-6,8-11H2,1H3,(H,18,22). The Balaban J connectivity index is 1.49. The number of aryl methyl sites for hydroxylation is 1. The van der Waals surface area contributed by atoms with Crippen LogP contribution in [-0.4, -0.2) is 54.0 Å². The van der Waals surface area contributed by atoms with Crippen molar-refractivity contribution < 1.29 is 14.0 Å². The third-order valence-corrected chi connectivity index (χ3v) is 4.88. The molecule has 126 valence electrons. The highest BCUT2D eigenvalue weighted by Crippen LogP contribution is 2.18. The van der Waals surface area contributed by atoms with Gasteiger partial charge < -0.3 is 19.5 Å². The first-order chi connectivity index (χ1) is 11.1. The summed E-state index contributed by atoms with van der Waals surface area (Å²) >= 11 is 0. The van der Waals surface area contributed by atoms with E-state index in [1.165, 1.54) is 25.5 Å². The molecule has 0 atom stereocenters. The Bertz CT molecular complexity index is 555. The molecule has 1 N–H and O–H groups in total. The van der Waals surface area contributed by atoms with E-state index in [1.807, 2.05) is 4.90 Å². The highest BCUT2D eigenvalue weighted by atomic mass is 16.3. The third kappa shape index (κ3) is 3.68. The molecule has 2 aliphatic rings. The first-order valence-electron chi connectivity index (χ1n) is 8.54. The number of amides is 3. The van der Waals surface area contributed by atoms with Gasteiger partial charge in [-0.15, -0.1) is 0 Å². The zero-order valence-electron chi connectivity index (χ0n) is 13.7. The Morgan fingerprint density at radius 1 is 1.09 bits per heavy atom. The van der Waals surface area contributed by atoms with Crippen LogP contribution < -0.4 is 5.32 Å². The fourth-order valence-electron chi connectivity index (χ4n) is 3.40. The van der Waals surface area contributed by atoms with E-state index < -0.39 is 0 Å². The van der Waals surface area contributed by atoms with E-state index in [0.29, 0.717) is 43.5 Å². The molecule has 0 aromatic carbocycles. The van der Waals surface area contributed by atoms with Crippen molar-refractivity contribution in [3.63, 3.8) is 0 Å². The molecule has 1 aliphatic carbocycles. The molecule has 0 unspecified atom stereocenters. The minimum atomic E-state index is -0.0106. The lowest BCUT2D eigenvalue weighted by Crippen LogP contribution is -2.54. The summed E-state index contributed by atoms with van der Waals surface area (Å²) in [5.74, 6) is 0.635. The van der Waals surface area contributed by atoms with Crippen molar-refractivity contribution in [2.75, 3.05) is 26.2 Å². The topological polar surface area (TPSA) is 65.8 Å². The van der Waals surface area contributed by atoms with Crippen LogP contribution in [0.15, 0.2) is 16.7 Å². The highest BCUT2D eigenvalue weighted by molar-refractivity contribution is 5.95. The normalized spacial score (nSPS) is 19.7. The van der Waals surface area contributed by atoms with Crippen LogP contribution in [0.4, 0.5) is 4.79 Å². The molecule has 0 bridgehead atoms. The summed E-state index contributed by atoms with van der Waals surface area (Å²) in [6.45, 7) is 4.10. The van der Waals surface area contributed by atoms with Crippen LogP contribution >= 0.6 is 0 Å². The molecule has 1 aliphatic heterocycles. The molecule has 1 saturated heterocycles. The van der Waals surface area contributed by atoms with Gasteiger partial charge in [-0.3, -0.25) is 4.79 Å². The molecular weight excluding hydrogens is 294 g/mol. The van der Waals surface area contributed by atoms with E-state index >= 15 is 0 Å². The number of hydrogen-bond donors (Lipinski definition) is 1. The van der Waals surface area contributed by atoms with Gasteiger partial charge in [0.05, 0.1) is 11.8 Å². The number of hydrogen-bond acceptors (Lipinski definition) is 3. The van der Waals surface area contributed by atoms with E-state index in [0.717, 1.165) is 12.8 Å². The molecule has 1 saturated carbocycles. The predicted octanol–water partition coefficient (Wildman–Crippen LogP) is 2.39. The molecule has 3 amide bonds. The average molecular weight is 319 g/mol. The Kier molecular flexibility index (Phi) is 4.88. The molecule has 0 radical (unpaired) electrons. The molecule has 23 heavy (non-hydrogen) atoms. The van der Waals surface area contributed by atoms with Crippen molar-refractivity contribution in [1.29, 1.82) is 0 Å². The molecule has 2 fully saturated rings. The fraction of sp³-hybridized carbons (Fsp3) is 0.647. The van der Waals surface area contributed by atoms with Crippen LogP contribution in [0.3, 0.4) is 0 Å². The van der Waals surface area contributed by atoms with Gasteiger partial charge in [-0.1, -0.05) is 19.3 Å². The Morgan fingerprint density at radius 3 is 2.35 bits per heavy atom. The monoisotopic (exact) mass is 319 g/mol. The maximum Gasteiger partial charge on any atom is 0.317 e. The second-order valence-electron chi connectivity index (χ2n) is 6.45. The maximum absolute atomic E-state index is 12.4. The first kappa shape index (κ1) is 15.9. The maximum atomic E-state index is 12.4. The van der Waals surface area contributed by atoms with Crippen LogP contribution in [0, 0.1) is 6.92 Å². The summed E-state index contributed by atoms with van der Waals surface area (Å²) in [6, 6.07) is 2.05. The summed E-state index contributed by atoms with van der Waals surface area (Å²) in [7, 11) is 0. The van der Waals surface area contributed by atoms with E-state index in [1.54, 1.807) is 17.9 Å². The van der Waals surface area contributed by atoms with Gasteiger partial charge in [0, 0.05) is 32.2 Å². The smallest absolute Gasteiger partial charge is 0.317 e. The number of piperazine rings is 1. The third-order valence-electron chi connectivity index (χ3n) is 4.88. The van der Waals surface area contributed by atoms with Crippen molar-refractivity contribution >= 4 is 11.9 Å². The quantitative estimate of drug-likeness (QED) is 0.910. The molecule has 1 aromatic heterocycles. The second-order valence-corrected chi connectivity index (χ2v) is 6.45. The van der Waals surface area contributed by atoms with Crippen LogP contribution in [0.5, 0.6) is 0 Å². The van der Waals surface area contributed by atoms with Gasteiger partial charge in [-0.25, -0.2) is 4.79 Å². The van der Waals surface area contributed by atoms with Crippen molar-refractivity contribution in [2.24, 2.45) is 0 Å². The Hall–Kier alpha value is -1.98. The molecule has 6 nitrogen and oxygen atoms in total. The lowest BCUT2D eigenvalue weighted by Gasteiger charge is -2.36. The number of furan rings is 1. The summed E-state index contributed by atoms with van der Waals surface area (Å²) in [5.41, 5.74) is 0.616. The minimum Gasteiger partial charge on any atom is -0.469 e. The predicted molar refractivity (Wildman–Crippen MR) is 86.3 cm³/mol. The molecule has 1 aromatic rings. The van der Waals surface area contributed by atoms with Crippen LogP contribution in [0.1, 0.15) is 48.2 Å². The summed E-state index contributed by atoms with van der Waals surface area (Å²) in [5, 5.41) is 3.14. The van der Waals surface area contributed by atoms with Gasteiger partial charge >= 0.3 is 6.03 Å². The Morgan fingerprint density at radius 2 is 1.74 bits per heavy atom. The van der Waals surface area contributed by atoms with E-state index in [9.17, 15) is 9.59 Å². The largest absolute Gasteiger partial charge is 0.469 e. The lowest BCUT2D eigenvalue weighted by atomic mass is 9.96.